The Bertz CT molecular complexity index is 1110. The molecule has 33 heavy (non-hydrogen) atoms. The number of aliphatic carboxylic acids is 2. The quantitative estimate of drug-likeness (QED) is 0.262. The van der Waals surface area contributed by atoms with Crippen molar-refractivity contribution in [2.75, 3.05) is 13.2 Å². The molecule has 0 amide bonds. The van der Waals surface area contributed by atoms with E-state index >= 15 is 0 Å². The van der Waals surface area contributed by atoms with Gasteiger partial charge < -0.3 is 24.6 Å². The Hall–Kier alpha value is -3.58. The first-order valence-electron chi connectivity index (χ1n) is 11.0. The van der Waals surface area contributed by atoms with Gasteiger partial charge >= 0.3 is 11.9 Å². The van der Waals surface area contributed by atoms with Crippen LogP contribution < -0.4 is 4.74 Å². The van der Waals surface area contributed by atoms with Gasteiger partial charge in [0.15, 0.2) is 0 Å². The molecule has 0 aliphatic rings. The van der Waals surface area contributed by atoms with E-state index in [9.17, 15) is 14.7 Å². The number of fused-ring (bicyclic) bond motifs is 1. The van der Waals surface area contributed by atoms with Gasteiger partial charge in [-0.1, -0.05) is 36.4 Å². The van der Waals surface area contributed by atoms with Gasteiger partial charge in [-0.25, -0.2) is 0 Å². The summed E-state index contributed by atoms with van der Waals surface area (Å²) in [7, 11) is 0. The molecule has 7 nitrogen and oxygen atoms in total. The summed E-state index contributed by atoms with van der Waals surface area (Å²) in [6.07, 6.45) is 7.71. The van der Waals surface area contributed by atoms with Crippen molar-refractivity contribution < 1.29 is 29.6 Å². The molecule has 0 atom stereocenters. The maximum atomic E-state index is 11.4. The van der Waals surface area contributed by atoms with E-state index in [1.54, 1.807) is 0 Å². The number of rotatable bonds is 13. The van der Waals surface area contributed by atoms with Crippen molar-refractivity contribution in [3.8, 4) is 5.75 Å². The molecule has 0 bridgehead atoms. The van der Waals surface area contributed by atoms with Gasteiger partial charge in [0.05, 0.1) is 13.0 Å². The molecule has 3 aromatic rings. The van der Waals surface area contributed by atoms with Crippen LogP contribution in [-0.4, -0.2) is 45.0 Å². The minimum absolute atomic E-state index is 0.0642. The third kappa shape index (κ3) is 6.95. The smallest absolute Gasteiger partial charge is 0.307 e. The number of aromatic nitrogens is 1. The fourth-order valence-electron chi connectivity index (χ4n) is 3.76. The van der Waals surface area contributed by atoms with E-state index in [0.29, 0.717) is 25.1 Å². The van der Waals surface area contributed by atoms with Crippen molar-refractivity contribution in [1.29, 1.82) is 0 Å². The molecule has 1 heterocycles. The van der Waals surface area contributed by atoms with Gasteiger partial charge in [0.1, 0.15) is 5.75 Å². The standard InChI is InChI=1S/C26H29NO6/c28-15-1-2-16-33-22-12-9-19(10-13-22)8-11-20-5-3-6-23-26(20)21(17-25(31)32)18-27(23)14-4-7-24(29)30/h3,5-6,8-13,18,28H,1-2,4,7,14-17H2,(H,29,30)(H,31,32)/b11-8+. The second-order valence-electron chi connectivity index (χ2n) is 7.84. The Balaban J connectivity index is 1.81. The molecule has 3 rings (SSSR count). The number of aliphatic hydroxyl groups is 1. The zero-order valence-corrected chi connectivity index (χ0v) is 18.4. The van der Waals surface area contributed by atoms with Crippen LogP contribution in [0.15, 0.2) is 48.7 Å². The fourth-order valence-corrected chi connectivity index (χ4v) is 3.76. The highest BCUT2D eigenvalue weighted by Gasteiger charge is 2.14. The average Bonchev–Trinajstić information content (AvgIpc) is 3.13. The minimum atomic E-state index is -0.909. The van der Waals surface area contributed by atoms with Gasteiger partial charge in [-0.3, -0.25) is 9.59 Å². The Labute approximate surface area is 192 Å². The fraction of sp³-hybridized carbons (Fsp3) is 0.308. The summed E-state index contributed by atoms with van der Waals surface area (Å²) in [4.78, 5) is 22.3. The molecule has 3 N–H and O–H groups in total. The number of benzene rings is 2. The minimum Gasteiger partial charge on any atom is -0.494 e. The largest absolute Gasteiger partial charge is 0.494 e. The molecule has 0 unspecified atom stereocenters. The zero-order valence-electron chi connectivity index (χ0n) is 18.4. The maximum Gasteiger partial charge on any atom is 0.307 e. The van der Waals surface area contributed by atoms with Crippen LogP contribution in [0, 0.1) is 0 Å². The molecule has 0 aliphatic heterocycles. The highest BCUT2D eigenvalue weighted by molar-refractivity contribution is 5.96. The first-order chi connectivity index (χ1) is 16.0. The lowest BCUT2D eigenvalue weighted by molar-refractivity contribution is -0.137. The first-order valence-corrected chi connectivity index (χ1v) is 11.0. The zero-order chi connectivity index (χ0) is 23.6. The molecule has 0 saturated heterocycles. The van der Waals surface area contributed by atoms with Crippen molar-refractivity contribution in [2.24, 2.45) is 0 Å². The number of nitrogens with zero attached hydrogens (tertiary/aromatic N) is 1. The molecular formula is C26H29NO6. The second-order valence-corrected chi connectivity index (χ2v) is 7.84. The predicted octanol–water partition coefficient (Wildman–Crippen LogP) is 4.45. The third-order valence-corrected chi connectivity index (χ3v) is 5.30. The van der Waals surface area contributed by atoms with E-state index in [4.69, 9.17) is 14.9 Å². The molecule has 7 heteroatoms. The maximum absolute atomic E-state index is 11.4. The second kappa shape index (κ2) is 11.9. The lowest BCUT2D eigenvalue weighted by Gasteiger charge is -2.06. The summed E-state index contributed by atoms with van der Waals surface area (Å²) in [5.74, 6) is -0.982. The molecule has 2 aromatic carbocycles. The van der Waals surface area contributed by atoms with Crippen LogP contribution in [0.25, 0.3) is 23.1 Å². The SMILES string of the molecule is O=C(O)CCCn1cc(CC(=O)O)c2c(/C=C/c3ccc(OCCCCO)cc3)cccc21. The van der Waals surface area contributed by atoms with E-state index in [1.165, 1.54) is 0 Å². The van der Waals surface area contributed by atoms with E-state index in [2.05, 4.69) is 0 Å². The number of aliphatic hydroxyl groups excluding tert-OH is 1. The Morgan fingerprint density at radius 2 is 1.73 bits per heavy atom. The van der Waals surface area contributed by atoms with Crippen LogP contribution in [0.1, 0.15) is 42.4 Å². The summed E-state index contributed by atoms with van der Waals surface area (Å²) in [5.41, 5.74) is 3.49. The van der Waals surface area contributed by atoms with E-state index in [-0.39, 0.29) is 19.4 Å². The average molecular weight is 452 g/mol. The summed E-state index contributed by atoms with van der Waals surface area (Å²) in [6, 6.07) is 13.5. The number of carboxylic acid groups (broad SMARTS) is 2. The molecule has 0 aliphatic carbocycles. The normalized spacial score (nSPS) is 11.3. The van der Waals surface area contributed by atoms with Gasteiger partial charge in [0.25, 0.3) is 0 Å². The predicted molar refractivity (Wildman–Crippen MR) is 127 cm³/mol. The van der Waals surface area contributed by atoms with Crippen molar-refractivity contribution in [1.82, 2.24) is 4.57 Å². The van der Waals surface area contributed by atoms with Crippen molar-refractivity contribution in [2.45, 2.75) is 38.6 Å². The van der Waals surface area contributed by atoms with E-state index in [1.807, 2.05) is 65.4 Å². The number of aryl methyl sites for hydroxylation is 1. The van der Waals surface area contributed by atoms with Crippen LogP contribution in [0.2, 0.25) is 0 Å². The number of carboxylic acids is 2. The number of carbonyl (C=O) groups is 2. The molecule has 0 spiro atoms. The molecular weight excluding hydrogens is 422 g/mol. The summed E-state index contributed by atoms with van der Waals surface area (Å²) >= 11 is 0. The van der Waals surface area contributed by atoms with Crippen molar-refractivity contribution in [3.05, 3.63) is 65.4 Å². The van der Waals surface area contributed by atoms with E-state index in [0.717, 1.165) is 40.6 Å². The lowest BCUT2D eigenvalue weighted by Crippen LogP contribution is -2.01. The van der Waals surface area contributed by atoms with Crippen LogP contribution in [0.4, 0.5) is 0 Å². The van der Waals surface area contributed by atoms with Gasteiger partial charge in [0, 0.05) is 36.7 Å². The topological polar surface area (TPSA) is 109 Å². The lowest BCUT2D eigenvalue weighted by atomic mass is 10.0. The van der Waals surface area contributed by atoms with E-state index < -0.39 is 11.9 Å². The summed E-state index contributed by atoms with van der Waals surface area (Å²) in [6.45, 7) is 1.24. The van der Waals surface area contributed by atoms with Crippen LogP contribution in [0.3, 0.4) is 0 Å². The number of hydrogen-bond donors (Lipinski definition) is 3. The molecule has 1 aromatic heterocycles. The molecule has 174 valence electrons. The summed E-state index contributed by atoms with van der Waals surface area (Å²) < 4.78 is 7.60. The number of hydrogen-bond acceptors (Lipinski definition) is 4. The van der Waals surface area contributed by atoms with Gasteiger partial charge in [-0.05, 0) is 54.2 Å². The monoisotopic (exact) mass is 451 g/mol. The number of ether oxygens (including phenoxy) is 1. The van der Waals surface area contributed by atoms with Crippen molar-refractivity contribution in [3.63, 3.8) is 0 Å². The first kappa shape index (κ1) is 24.1. The van der Waals surface area contributed by atoms with Crippen LogP contribution in [-0.2, 0) is 22.6 Å². The Morgan fingerprint density at radius 1 is 0.939 bits per heavy atom. The number of unbranched alkanes of at least 4 members (excludes halogenated alkanes) is 1. The molecule has 0 radical (unpaired) electrons. The van der Waals surface area contributed by atoms with Crippen LogP contribution >= 0.6 is 0 Å². The van der Waals surface area contributed by atoms with Crippen molar-refractivity contribution >= 4 is 35.0 Å². The summed E-state index contributed by atoms with van der Waals surface area (Å²) in [5, 5.41) is 28.0. The van der Waals surface area contributed by atoms with Gasteiger partial charge in [-0.15, -0.1) is 0 Å². The molecule has 0 saturated carbocycles. The highest BCUT2D eigenvalue weighted by Crippen LogP contribution is 2.28. The van der Waals surface area contributed by atoms with Gasteiger partial charge in [-0.2, -0.15) is 0 Å². The van der Waals surface area contributed by atoms with Gasteiger partial charge in [0.2, 0.25) is 0 Å². The Kier molecular flexibility index (Phi) is 8.66. The molecule has 0 fully saturated rings. The Morgan fingerprint density at radius 3 is 2.42 bits per heavy atom. The third-order valence-electron chi connectivity index (χ3n) is 5.30. The highest BCUT2D eigenvalue weighted by atomic mass is 16.5. The van der Waals surface area contributed by atoms with Crippen LogP contribution in [0.5, 0.6) is 5.75 Å².